The van der Waals surface area contributed by atoms with Crippen molar-refractivity contribution < 1.29 is 9.90 Å². The van der Waals surface area contributed by atoms with Crippen molar-refractivity contribution in [3.63, 3.8) is 0 Å². The maximum absolute atomic E-state index is 10.1. The van der Waals surface area contributed by atoms with Gasteiger partial charge in [-0.1, -0.05) is 0 Å². The van der Waals surface area contributed by atoms with E-state index in [1.54, 1.807) is 0 Å². The van der Waals surface area contributed by atoms with Crippen molar-refractivity contribution in [2.24, 2.45) is 0 Å². The Morgan fingerprint density at radius 3 is 2.88 bits per heavy atom. The van der Waals surface area contributed by atoms with Gasteiger partial charge in [-0.25, -0.2) is 13.8 Å². The number of nitrogens with one attached hydrogen (secondary N) is 1. The summed E-state index contributed by atoms with van der Waals surface area (Å²) in [6.45, 7) is 1.33. The molecule has 5 heteroatoms. The summed E-state index contributed by atoms with van der Waals surface area (Å²) >= 11 is 1.13. The molecule has 0 atom stereocenters. The Hall–Kier alpha value is -0.420. The van der Waals surface area contributed by atoms with Crippen molar-refractivity contribution in [2.75, 3.05) is 13.1 Å². The van der Waals surface area contributed by atoms with Crippen LogP contribution < -0.4 is 4.72 Å². The molecule has 0 aromatic rings. The first kappa shape index (κ1) is 5.71. The molecule has 0 aromatic heterocycles. The topological polar surface area (TPSA) is 52.6 Å². The molecule has 0 spiro atoms. The smallest absolute Gasteiger partial charge is 0.418 e. The standard InChI is InChI=1S/C3H6N2O2S/c6-3(7)5-2-1-4-8-5/h4H,1-2H2,(H,6,7). The molecule has 0 unspecified atom stereocenters. The van der Waals surface area contributed by atoms with E-state index in [9.17, 15) is 4.79 Å². The first-order valence-electron chi connectivity index (χ1n) is 2.21. The highest BCUT2D eigenvalue weighted by Gasteiger charge is 2.16. The van der Waals surface area contributed by atoms with Gasteiger partial charge in [-0.2, -0.15) is 0 Å². The van der Waals surface area contributed by atoms with Crippen LogP contribution in [-0.2, 0) is 0 Å². The van der Waals surface area contributed by atoms with Gasteiger partial charge in [0.05, 0.1) is 6.54 Å². The molecule has 1 aliphatic heterocycles. The van der Waals surface area contributed by atoms with E-state index in [2.05, 4.69) is 4.72 Å². The van der Waals surface area contributed by atoms with E-state index in [0.717, 1.165) is 18.7 Å². The molecule has 1 saturated heterocycles. The number of hydrogen-bond donors (Lipinski definition) is 2. The van der Waals surface area contributed by atoms with Crippen molar-refractivity contribution in [3.8, 4) is 0 Å². The third-order valence-electron chi connectivity index (χ3n) is 0.805. The fourth-order valence-corrected chi connectivity index (χ4v) is 1.05. The summed E-state index contributed by atoms with van der Waals surface area (Å²) in [4.78, 5) is 10.1. The highest BCUT2D eigenvalue weighted by atomic mass is 32.2. The van der Waals surface area contributed by atoms with Crippen molar-refractivity contribution in [1.82, 2.24) is 9.03 Å². The predicted octanol–water partition coefficient (Wildman–Crippen LogP) is 0.133. The summed E-state index contributed by atoms with van der Waals surface area (Å²) in [7, 11) is 0. The van der Waals surface area contributed by atoms with Gasteiger partial charge in [0.1, 0.15) is 0 Å². The molecule has 8 heavy (non-hydrogen) atoms. The van der Waals surface area contributed by atoms with Gasteiger partial charge in [0, 0.05) is 18.7 Å². The molecule has 2 N–H and O–H groups in total. The summed E-state index contributed by atoms with van der Waals surface area (Å²) in [6.07, 6.45) is -0.875. The minimum atomic E-state index is -0.875. The van der Waals surface area contributed by atoms with Gasteiger partial charge < -0.3 is 5.11 Å². The number of amides is 1. The largest absolute Gasteiger partial charge is 0.464 e. The minimum absolute atomic E-state index is 0.583. The van der Waals surface area contributed by atoms with E-state index in [1.807, 2.05) is 0 Å². The lowest BCUT2D eigenvalue weighted by Gasteiger charge is -2.04. The van der Waals surface area contributed by atoms with E-state index in [4.69, 9.17) is 5.11 Å². The molecule has 0 saturated carbocycles. The molecule has 0 radical (unpaired) electrons. The molecule has 1 rings (SSSR count). The summed E-state index contributed by atoms with van der Waals surface area (Å²) in [5.41, 5.74) is 0. The Morgan fingerprint density at radius 1 is 1.88 bits per heavy atom. The van der Waals surface area contributed by atoms with Gasteiger partial charge in [-0.15, -0.1) is 0 Å². The normalized spacial score (nSPS) is 19.2. The SMILES string of the molecule is O=C(O)N1CCNS1. The van der Waals surface area contributed by atoms with Crippen molar-refractivity contribution in [1.29, 1.82) is 0 Å². The quantitative estimate of drug-likeness (QED) is 0.462. The highest BCUT2D eigenvalue weighted by Crippen LogP contribution is 2.09. The molecule has 0 aromatic carbocycles. The Balaban J connectivity index is 2.35. The van der Waals surface area contributed by atoms with Crippen LogP contribution in [0.3, 0.4) is 0 Å². The molecule has 1 heterocycles. The monoisotopic (exact) mass is 134 g/mol. The van der Waals surface area contributed by atoms with Crippen molar-refractivity contribution >= 4 is 18.2 Å². The van der Waals surface area contributed by atoms with Crippen LogP contribution in [0.25, 0.3) is 0 Å². The summed E-state index contributed by atoms with van der Waals surface area (Å²) < 4.78 is 4.07. The van der Waals surface area contributed by atoms with Gasteiger partial charge in [0.25, 0.3) is 0 Å². The van der Waals surface area contributed by atoms with Crippen LogP contribution in [0.5, 0.6) is 0 Å². The number of rotatable bonds is 0. The average Bonchev–Trinajstić information content (AvgIpc) is 2.12. The van der Waals surface area contributed by atoms with Crippen molar-refractivity contribution in [3.05, 3.63) is 0 Å². The molecular weight excluding hydrogens is 128 g/mol. The molecular formula is C3H6N2O2S. The Bertz CT molecular complexity index is 101. The highest BCUT2D eigenvalue weighted by molar-refractivity contribution is 7.95. The van der Waals surface area contributed by atoms with Gasteiger partial charge >= 0.3 is 6.09 Å². The second-order valence-electron chi connectivity index (χ2n) is 1.37. The molecule has 1 amide bonds. The van der Waals surface area contributed by atoms with Crippen LogP contribution in [0, 0.1) is 0 Å². The number of carboxylic acid groups (broad SMARTS) is 1. The van der Waals surface area contributed by atoms with E-state index in [1.165, 1.54) is 4.31 Å². The van der Waals surface area contributed by atoms with Gasteiger partial charge in [0.2, 0.25) is 0 Å². The zero-order chi connectivity index (χ0) is 5.98. The molecule has 4 nitrogen and oxygen atoms in total. The average molecular weight is 134 g/mol. The summed E-state index contributed by atoms with van der Waals surface area (Å²) in [5.74, 6) is 0. The maximum Gasteiger partial charge on any atom is 0.418 e. The minimum Gasteiger partial charge on any atom is -0.464 e. The lowest BCUT2D eigenvalue weighted by molar-refractivity contribution is 0.177. The Morgan fingerprint density at radius 2 is 2.62 bits per heavy atom. The number of hydrogen-bond acceptors (Lipinski definition) is 3. The van der Waals surface area contributed by atoms with Gasteiger partial charge in [-0.05, 0) is 0 Å². The van der Waals surface area contributed by atoms with E-state index >= 15 is 0 Å². The van der Waals surface area contributed by atoms with Crippen LogP contribution in [-0.4, -0.2) is 28.6 Å². The fraction of sp³-hybridized carbons (Fsp3) is 0.667. The molecule has 0 bridgehead atoms. The zero-order valence-corrected chi connectivity index (χ0v) is 4.94. The molecule has 0 aliphatic carbocycles. The Kier molecular flexibility index (Phi) is 1.59. The first-order valence-corrected chi connectivity index (χ1v) is 2.98. The Labute approximate surface area is 51.1 Å². The fourth-order valence-electron chi connectivity index (χ4n) is 0.451. The van der Waals surface area contributed by atoms with Gasteiger partial charge in [0.15, 0.2) is 0 Å². The summed E-state index contributed by atoms with van der Waals surface area (Å²) in [5, 5.41) is 8.28. The van der Waals surface area contributed by atoms with E-state index in [0.29, 0.717) is 6.54 Å². The van der Waals surface area contributed by atoms with E-state index in [-0.39, 0.29) is 0 Å². The van der Waals surface area contributed by atoms with Crippen LogP contribution in [0.2, 0.25) is 0 Å². The lowest BCUT2D eigenvalue weighted by atomic mass is 10.7. The number of carbonyl (C=O) groups is 1. The third kappa shape index (κ3) is 1.05. The van der Waals surface area contributed by atoms with Crippen LogP contribution in [0.15, 0.2) is 0 Å². The van der Waals surface area contributed by atoms with Gasteiger partial charge in [-0.3, -0.25) is 0 Å². The number of nitrogens with zero attached hydrogens (tertiary/aromatic N) is 1. The zero-order valence-electron chi connectivity index (χ0n) is 4.13. The second kappa shape index (κ2) is 2.23. The molecule has 1 aliphatic rings. The maximum atomic E-state index is 10.1. The van der Waals surface area contributed by atoms with Crippen molar-refractivity contribution in [2.45, 2.75) is 0 Å². The third-order valence-corrected chi connectivity index (χ3v) is 1.70. The van der Waals surface area contributed by atoms with Crippen LogP contribution in [0.4, 0.5) is 4.79 Å². The second-order valence-corrected chi connectivity index (χ2v) is 2.28. The van der Waals surface area contributed by atoms with Crippen LogP contribution >= 0.6 is 12.1 Å². The predicted molar refractivity (Wildman–Crippen MR) is 30.3 cm³/mol. The molecule has 46 valence electrons. The first-order chi connectivity index (χ1) is 3.80. The van der Waals surface area contributed by atoms with Crippen LogP contribution in [0.1, 0.15) is 0 Å². The van der Waals surface area contributed by atoms with E-state index < -0.39 is 6.09 Å². The molecule has 1 fully saturated rings. The summed E-state index contributed by atoms with van der Waals surface area (Å²) in [6, 6.07) is 0. The lowest BCUT2D eigenvalue weighted by Crippen LogP contribution is -2.19.